The SMILES string of the molecule is CCCCN(CCCC)CCNC(=O)OCCN1CCNCC1=Cc1cc2ccccc2o1. The van der Waals surface area contributed by atoms with Crippen LogP contribution in [0.1, 0.15) is 45.3 Å². The number of ether oxygens (including phenoxy) is 1. The predicted octanol–water partition coefficient (Wildman–Crippen LogP) is 4.31. The number of piperazine rings is 1. The van der Waals surface area contributed by atoms with Gasteiger partial charge in [0, 0.05) is 49.9 Å². The molecule has 0 saturated carbocycles. The van der Waals surface area contributed by atoms with Crippen LogP contribution in [0.25, 0.3) is 17.0 Å². The molecule has 2 heterocycles. The number of amides is 1. The number of hydrogen-bond donors (Lipinski definition) is 2. The van der Waals surface area contributed by atoms with Crippen LogP contribution in [-0.4, -0.2) is 74.9 Å². The van der Waals surface area contributed by atoms with Crippen LogP contribution < -0.4 is 10.6 Å². The zero-order valence-electron chi connectivity index (χ0n) is 20.3. The van der Waals surface area contributed by atoms with Gasteiger partial charge in [-0.3, -0.25) is 0 Å². The van der Waals surface area contributed by atoms with E-state index in [0.29, 0.717) is 19.7 Å². The maximum Gasteiger partial charge on any atom is 0.407 e. The first-order chi connectivity index (χ1) is 16.2. The summed E-state index contributed by atoms with van der Waals surface area (Å²) in [4.78, 5) is 16.8. The number of benzene rings is 1. The van der Waals surface area contributed by atoms with Gasteiger partial charge in [-0.2, -0.15) is 0 Å². The van der Waals surface area contributed by atoms with E-state index in [1.165, 1.54) is 25.7 Å². The van der Waals surface area contributed by atoms with Crippen LogP contribution in [0.5, 0.6) is 0 Å². The highest BCUT2D eigenvalue weighted by molar-refractivity contribution is 5.79. The van der Waals surface area contributed by atoms with Crippen LogP contribution >= 0.6 is 0 Å². The van der Waals surface area contributed by atoms with Gasteiger partial charge in [-0.05, 0) is 38.1 Å². The summed E-state index contributed by atoms with van der Waals surface area (Å²) in [6.45, 7) is 11.7. The van der Waals surface area contributed by atoms with Crippen LogP contribution in [-0.2, 0) is 4.74 Å². The molecular weight excluding hydrogens is 416 g/mol. The highest BCUT2D eigenvalue weighted by Gasteiger charge is 2.16. The third-order valence-electron chi connectivity index (χ3n) is 5.97. The number of carbonyl (C=O) groups is 1. The lowest BCUT2D eigenvalue weighted by molar-refractivity contribution is 0.130. The van der Waals surface area contributed by atoms with Gasteiger partial charge in [-0.15, -0.1) is 0 Å². The first-order valence-electron chi connectivity index (χ1n) is 12.5. The molecule has 182 valence electrons. The predicted molar refractivity (Wildman–Crippen MR) is 134 cm³/mol. The smallest absolute Gasteiger partial charge is 0.407 e. The highest BCUT2D eigenvalue weighted by Crippen LogP contribution is 2.22. The third-order valence-corrected chi connectivity index (χ3v) is 5.97. The molecule has 33 heavy (non-hydrogen) atoms. The van der Waals surface area contributed by atoms with Crippen LogP contribution in [0.4, 0.5) is 4.79 Å². The molecule has 1 aliphatic rings. The molecule has 1 aromatic heterocycles. The van der Waals surface area contributed by atoms with E-state index in [4.69, 9.17) is 9.15 Å². The second-order valence-electron chi connectivity index (χ2n) is 8.60. The fourth-order valence-electron chi connectivity index (χ4n) is 4.04. The van der Waals surface area contributed by atoms with Crippen molar-refractivity contribution >= 4 is 23.1 Å². The Labute approximate surface area is 198 Å². The molecule has 1 aliphatic heterocycles. The average molecular weight is 457 g/mol. The molecule has 1 fully saturated rings. The van der Waals surface area contributed by atoms with Crippen LogP contribution in [0.15, 0.2) is 40.4 Å². The van der Waals surface area contributed by atoms with Crippen molar-refractivity contribution in [1.29, 1.82) is 0 Å². The summed E-state index contributed by atoms with van der Waals surface area (Å²) in [7, 11) is 0. The Balaban J connectivity index is 1.42. The second kappa shape index (κ2) is 13.9. The number of nitrogens with zero attached hydrogens (tertiary/aromatic N) is 2. The van der Waals surface area contributed by atoms with Crippen molar-refractivity contribution in [2.24, 2.45) is 0 Å². The zero-order valence-corrected chi connectivity index (χ0v) is 20.3. The number of fused-ring (bicyclic) bond motifs is 1. The summed E-state index contributed by atoms with van der Waals surface area (Å²) in [5.41, 5.74) is 2.04. The third kappa shape index (κ3) is 8.41. The van der Waals surface area contributed by atoms with E-state index in [1.54, 1.807) is 0 Å². The number of hydrogen-bond acceptors (Lipinski definition) is 6. The van der Waals surface area contributed by atoms with Gasteiger partial charge in [-0.25, -0.2) is 4.79 Å². The second-order valence-corrected chi connectivity index (χ2v) is 8.60. The number of unbranched alkanes of at least 4 members (excludes halogenated alkanes) is 2. The van der Waals surface area contributed by atoms with Gasteiger partial charge in [0.05, 0.1) is 6.54 Å². The number of rotatable bonds is 13. The van der Waals surface area contributed by atoms with Gasteiger partial charge < -0.3 is 29.6 Å². The van der Waals surface area contributed by atoms with Gasteiger partial charge in [0.15, 0.2) is 0 Å². The summed E-state index contributed by atoms with van der Waals surface area (Å²) in [5.74, 6) is 0.842. The fraction of sp³-hybridized carbons (Fsp3) is 0.577. The molecule has 0 aliphatic carbocycles. The van der Waals surface area contributed by atoms with Crippen molar-refractivity contribution in [3.8, 4) is 0 Å². The molecule has 2 aromatic rings. The number of carbonyl (C=O) groups excluding carboxylic acids is 1. The lowest BCUT2D eigenvalue weighted by Crippen LogP contribution is -2.43. The topological polar surface area (TPSA) is 70.0 Å². The Kier molecular flexibility index (Phi) is 10.6. The Morgan fingerprint density at radius 3 is 2.76 bits per heavy atom. The van der Waals surface area contributed by atoms with E-state index in [9.17, 15) is 4.79 Å². The molecule has 0 bridgehead atoms. The number of alkyl carbamates (subject to hydrolysis) is 1. The highest BCUT2D eigenvalue weighted by atomic mass is 16.5. The van der Waals surface area contributed by atoms with Crippen molar-refractivity contribution in [3.63, 3.8) is 0 Å². The van der Waals surface area contributed by atoms with Crippen molar-refractivity contribution < 1.29 is 13.9 Å². The van der Waals surface area contributed by atoms with Gasteiger partial charge in [0.2, 0.25) is 0 Å². The summed E-state index contributed by atoms with van der Waals surface area (Å²) in [6, 6.07) is 10.1. The minimum absolute atomic E-state index is 0.334. The van der Waals surface area contributed by atoms with Crippen molar-refractivity contribution in [2.75, 3.05) is 59.0 Å². The Bertz CT molecular complexity index is 838. The number of furan rings is 1. The molecule has 1 aromatic carbocycles. The minimum Gasteiger partial charge on any atom is -0.457 e. The van der Waals surface area contributed by atoms with Gasteiger partial charge in [0.1, 0.15) is 18.0 Å². The summed E-state index contributed by atoms with van der Waals surface area (Å²) in [6.07, 6.45) is 6.52. The fourth-order valence-corrected chi connectivity index (χ4v) is 4.04. The Hall–Kier alpha value is -2.51. The Morgan fingerprint density at radius 2 is 2.00 bits per heavy atom. The molecule has 3 rings (SSSR count). The lowest BCUT2D eigenvalue weighted by atomic mass is 10.2. The summed E-state index contributed by atoms with van der Waals surface area (Å²) >= 11 is 0. The minimum atomic E-state index is -0.334. The standard InChI is InChI=1S/C26H40N4O3/c1-3-5-13-29(14-6-4-2)15-12-28-26(31)32-18-17-30-16-11-27-21-23(30)20-24-19-22-9-7-8-10-25(22)33-24/h7-10,19-20,27H,3-6,11-18,21H2,1-2H3,(H,28,31). The van der Waals surface area contributed by atoms with E-state index in [-0.39, 0.29) is 6.09 Å². The molecule has 7 heteroatoms. The van der Waals surface area contributed by atoms with E-state index in [1.807, 2.05) is 18.2 Å². The lowest BCUT2D eigenvalue weighted by Gasteiger charge is -2.32. The van der Waals surface area contributed by atoms with Crippen molar-refractivity contribution in [2.45, 2.75) is 39.5 Å². The Morgan fingerprint density at radius 1 is 1.21 bits per heavy atom. The molecule has 0 unspecified atom stereocenters. The van der Waals surface area contributed by atoms with E-state index in [0.717, 1.165) is 61.7 Å². The molecule has 1 saturated heterocycles. The first kappa shape index (κ1) is 25.1. The zero-order chi connectivity index (χ0) is 23.3. The van der Waals surface area contributed by atoms with Crippen molar-refractivity contribution in [1.82, 2.24) is 20.4 Å². The maximum atomic E-state index is 12.2. The van der Waals surface area contributed by atoms with Crippen LogP contribution in [0, 0.1) is 0 Å². The molecule has 1 amide bonds. The number of nitrogens with one attached hydrogen (secondary N) is 2. The van der Waals surface area contributed by atoms with Gasteiger partial charge >= 0.3 is 6.09 Å². The monoisotopic (exact) mass is 456 g/mol. The summed E-state index contributed by atoms with van der Waals surface area (Å²) in [5, 5.41) is 7.42. The van der Waals surface area contributed by atoms with Gasteiger partial charge in [-0.1, -0.05) is 44.9 Å². The molecular formula is C26H40N4O3. The molecule has 7 nitrogen and oxygen atoms in total. The van der Waals surface area contributed by atoms with Gasteiger partial charge in [0.25, 0.3) is 0 Å². The van der Waals surface area contributed by atoms with E-state index < -0.39 is 0 Å². The molecule has 2 N–H and O–H groups in total. The molecule has 0 atom stereocenters. The quantitative estimate of drug-likeness (QED) is 0.468. The number of para-hydroxylation sites is 1. The maximum absolute atomic E-state index is 12.2. The van der Waals surface area contributed by atoms with E-state index >= 15 is 0 Å². The van der Waals surface area contributed by atoms with Crippen LogP contribution in [0.3, 0.4) is 0 Å². The van der Waals surface area contributed by atoms with Crippen molar-refractivity contribution in [3.05, 3.63) is 41.8 Å². The molecule has 0 radical (unpaired) electrons. The van der Waals surface area contributed by atoms with Crippen LogP contribution in [0.2, 0.25) is 0 Å². The first-order valence-corrected chi connectivity index (χ1v) is 12.5. The average Bonchev–Trinajstić information content (AvgIpc) is 3.24. The molecule has 0 spiro atoms. The largest absolute Gasteiger partial charge is 0.457 e. The summed E-state index contributed by atoms with van der Waals surface area (Å²) < 4.78 is 11.4. The van der Waals surface area contributed by atoms with E-state index in [2.05, 4.69) is 52.5 Å². The normalized spacial score (nSPS) is 15.5.